The number of urea groups is 1. The van der Waals surface area contributed by atoms with Gasteiger partial charge in [0.2, 0.25) is 0 Å². The fourth-order valence-electron chi connectivity index (χ4n) is 3.23. The van der Waals surface area contributed by atoms with E-state index < -0.39 is 18.0 Å². The molecule has 0 aliphatic carbocycles. The van der Waals surface area contributed by atoms with Crippen molar-refractivity contribution in [3.8, 4) is 0 Å². The van der Waals surface area contributed by atoms with Gasteiger partial charge in [0.1, 0.15) is 11.8 Å². The summed E-state index contributed by atoms with van der Waals surface area (Å²) in [5, 5.41) is 6.20. The van der Waals surface area contributed by atoms with Crippen LogP contribution in [-0.4, -0.2) is 36.6 Å². The van der Waals surface area contributed by atoms with Gasteiger partial charge in [-0.05, 0) is 37.2 Å². The van der Waals surface area contributed by atoms with Crippen molar-refractivity contribution in [2.24, 2.45) is 0 Å². The van der Waals surface area contributed by atoms with Crippen molar-refractivity contribution in [3.63, 3.8) is 0 Å². The first kappa shape index (κ1) is 21.0. The molecule has 0 bridgehead atoms. The minimum absolute atomic E-state index is 0.228. The second-order valence-electron chi connectivity index (χ2n) is 6.55. The van der Waals surface area contributed by atoms with Crippen LogP contribution in [0.1, 0.15) is 31.2 Å². The third kappa shape index (κ3) is 4.99. The van der Waals surface area contributed by atoms with Crippen molar-refractivity contribution in [2.45, 2.75) is 26.4 Å². The zero-order valence-electron chi connectivity index (χ0n) is 16.4. The maximum atomic E-state index is 12.8. The number of amides is 2. The molecule has 1 aromatic heterocycles. The molecule has 0 spiro atoms. The molecule has 2 aromatic rings. The summed E-state index contributed by atoms with van der Waals surface area (Å²) < 4.78 is 10.7. The van der Waals surface area contributed by atoms with Gasteiger partial charge in [-0.25, -0.2) is 9.59 Å². The molecule has 0 radical (unpaired) electrons. The molecule has 0 saturated heterocycles. The number of benzene rings is 1. The summed E-state index contributed by atoms with van der Waals surface area (Å²) in [5.74, 6) is -0.0280. The van der Waals surface area contributed by atoms with E-state index in [2.05, 4.69) is 15.5 Å². The zero-order valence-corrected chi connectivity index (χ0v) is 17.2. The number of ether oxygens (including phenoxy) is 1. The maximum Gasteiger partial charge on any atom is 0.338 e. The molecule has 8 heteroatoms. The lowest BCUT2D eigenvalue weighted by Crippen LogP contribution is -2.48. The topological polar surface area (TPSA) is 83.8 Å². The molecule has 29 heavy (non-hydrogen) atoms. The molecule has 1 unspecified atom stereocenters. The Kier molecular flexibility index (Phi) is 6.95. The first-order chi connectivity index (χ1) is 14.0. The van der Waals surface area contributed by atoms with Gasteiger partial charge in [0.25, 0.3) is 0 Å². The second kappa shape index (κ2) is 9.62. The fourth-order valence-corrected chi connectivity index (χ4v) is 3.43. The third-order valence-corrected chi connectivity index (χ3v) is 5.03. The molecule has 1 aliphatic heterocycles. The quantitative estimate of drug-likeness (QED) is 0.641. The van der Waals surface area contributed by atoms with Gasteiger partial charge >= 0.3 is 12.0 Å². The van der Waals surface area contributed by atoms with Gasteiger partial charge in [-0.2, -0.15) is 0 Å². The van der Waals surface area contributed by atoms with Crippen molar-refractivity contribution in [1.82, 2.24) is 15.5 Å². The number of carbonyl (C=O) groups is 2. The molecule has 0 fully saturated rings. The van der Waals surface area contributed by atoms with Gasteiger partial charge in [0.15, 0.2) is 0 Å². The number of hydrogen-bond acceptors (Lipinski definition) is 5. The first-order valence-corrected chi connectivity index (χ1v) is 9.88. The van der Waals surface area contributed by atoms with E-state index in [4.69, 9.17) is 20.8 Å². The van der Waals surface area contributed by atoms with Crippen LogP contribution in [0.4, 0.5) is 4.79 Å². The number of nitrogens with one attached hydrogen (secondary N) is 2. The molecule has 1 aliphatic rings. The van der Waals surface area contributed by atoms with Crippen molar-refractivity contribution in [2.75, 3.05) is 19.7 Å². The number of carbonyl (C=O) groups excluding carboxylic acids is 2. The van der Waals surface area contributed by atoms with Crippen LogP contribution in [0.25, 0.3) is 0 Å². The molecule has 0 saturated carbocycles. The lowest BCUT2D eigenvalue weighted by atomic mass is 9.99. The van der Waals surface area contributed by atoms with Crippen LogP contribution in [-0.2, 0) is 16.1 Å². The Morgan fingerprint density at radius 3 is 2.66 bits per heavy atom. The minimum Gasteiger partial charge on any atom is -0.467 e. The first-order valence-electron chi connectivity index (χ1n) is 9.50. The van der Waals surface area contributed by atoms with Gasteiger partial charge in [-0.15, -0.1) is 0 Å². The van der Waals surface area contributed by atoms with Crippen molar-refractivity contribution in [3.05, 3.63) is 70.3 Å². The van der Waals surface area contributed by atoms with Gasteiger partial charge in [0, 0.05) is 23.8 Å². The standard InChI is InChI=1S/C21H24ClN3O4/c1-3-25(12-14-8-5-6-9-15(14)22)13-16-18(20(26)28-4-2)19(24-21(27)23-16)17-10-7-11-29-17/h5-11,19H,3-4,12-13H2,1-2H3,(H2,23,24,27). The lowest BCUT2D eigenvalue weighted by Gasteiger charge is -2.31. The number of halogens is 1. The van der Waals surface area contributed by atoms with Crippen LogP contribution in [0, 0.1) is 0 Å². The van der Waals surface area contributed by atoms with Crippen molar-refractivity contribution in [1.29, 1.82) is 0 Å². The molecule has 1 atom stereocenters. The Morgan fingerprint density at radius 1 is 1.21 bits per heavy atom. The molecule has 2 amide bonds. The summed E-state index contributed by atoms with van der Waals surface area (Å²) in [6.45, 7) is 5.59. The van der Waals surface area contributed by atoms with Crippen LogP contribution in [0.3, 0.4) is 0 Å². The van der Waals surface area contributed by atoms with E-state index in [0.717, 1.165) is 5.56 Å². The number of rotatable bonds is 8. The van der Waals surface area contributed by atoms with Gasteiger partial charge in [-0.3, -0.25) is 4.90 Å². The normalized spacial score (nSPS) is 16.6. The molecular weight excluding hydrogens is 394 g/mol. The molecular formula is C21H24ClN3O4. The number of nitrogens with zero attached hydrogens (tertiary/aromatic N) is 1. The smallest absolute Gasteiger partial charge is 0.338 e. The summed E-state index contributed by atoms with van der Waals surface area (Å²) in [4.78, 5) is 27.1. The van der Waals surface area contributed by atoms with Gasteiger partial charge in [0.05, 0.1) is 18.4 Å². The van der Waals surface area contributed by atoms with E-state index in [0.29, 0.717) is 41.7 Å². The van der Waals surface area contributed by atoms with E-state index in [9.17, 15) is 9.59 Å². The van der Waals surface area contributed by atoms with Gasteiger partial charge in [-0.1, -0.05) is 36.7 Å². The predicted molar refractivity (Wildman–Crippen MR) is 109 cm³/mol. The molecule has 3 rings (SSSR count). The monoisotopic (exact) mass is 417 g/mol. The van der Waals surface area contributed by atoms with Crippen molar-refractivity contribution >= 4 is 23.6 Å². The maximum absolute atomic E-state index is 12.8. The SMILES string of the molecule is CCOC(=O)C1=C(CN(CC)Cc2ccccc2Cl)NC(=O)NC1c1ccco1. The predicted octanol–water partition coefficient (Wildman–Crippen LogP) is 3.63. The second-order valence-corrected chi connectivity index (χ2v) is 6.96. The molecule has 7 nitrogen and oxygen atoms in total. The average Bonchev–Trinajstić information content (AvgIpc) is 3.23. The summed E-state index contributed by atoms with van der Waals surface area (Å²) in [5.41, 5.74) is 1.79. The van der Waals surface area contributed by atoms with Crippen LogP contribution >= 0.6 is 11.6 Å². The summed E-state index contributed by atoms with van der Waals surface area (Å²) >= 11 is 6.30. The summed E-state index contributed by atoms with van der Waals surface area (Å²) in [6, 6.07) is 9.92. The van der Waals surface area contributed by atoms with E-state index >= 15 is 0 Å². The Morgan fingerprint density at radius 2 is 2.00 bits per heavy atom. The Balaban J connectivity index is 1.94. The summed E-state index contributed by atoms with van der Waals surface area (Å²) in [6.07, 6.45) is 1.50. The largest absolute Gasteiger partial charge is 0.467 e. The van der Waals surface area contributed by atoms with E-state index in [-0.39, 0.29) is 6.61 Å². The lowest BCUT2D eigenvalue weighted by molar-refractivity contribution is -0.139. The fraction of sp³-hybridized carbons (Fsp3) is 0.333. The van der Waals surface area contributed by atoms with Crippen molar-refractivity contribution < 1.29 is 18.7 Å². The zero-order chi connectivity index (χ0) is 20.8. The Labute approximate surface area is 174 Å². The molecule has 2 N–H and O–H groups in total. The Bertz CT molecular complexity index is 895. The van der Waals surface area contributed by atoms with Gasteiger partial charge < -0.3 is 19.8 Å². The highest BCUT2D eigenvalue weighted by molar-refractivity contribution is 6.31. The number of furan rings is 1. The molecule has 1 aromatic carbocycles. The van der Waals surface area contributed by atoms with Crippen LogP contribution in [0.15, 0.2) is 58.3 Å². The van der Waals surface area contributed by atoms with E-state index in [1.54, 1.807) is 19.1 Å². The Hall–Kier alpha value is -2.77. The molecule has 154 valence electrons. The van der Waals surface area contributed by atoms with E-state index in [1.807, 2.05) is 31.2 Å². The van der Waals surface area contributed by atoms with Crippen LogP contribution in [0.5, 0.6) is 0 Å². The van der Waals surface area contributed by atoms with Crippen LogP contribution < -0.4 is 10.6 Å². The molecule has 2 heterocycles. The van der Waals surface area contributed by atoms with Crippen LogP contribution in [0.2, 0.25) is 5.02 Å². The number of esters is 1. The highest BCUT2D eigenvalue weighted by Gasteiger charge is 2.35. The highest BCUT2D eigenvalue weighted by Crippen LogP contribution is 2.29. The average molecular weight is 418 g/mol. The number of hydrogen-bond donors (Lipinski definition) is 2. The minimum atomic E-state index is -0.716. The highest BCUT2D eigenvalue weighted by atomic mass is 35.5. The van der Waals surface area contributed by atoms with E-state index in [1.165, 1.54) is 6.26 Å². The summed E-state index contributed by atoms with van der Waals surface area (Å²) in [7, 11) is 0. The number of likely N-dealkylation sites (N-methyl/N-ethyl adjacent to an activating group) is 1. The third-order valence-electron chi connectivity index (χ3n) is 4.66.